The van der Waals surface area contributed by atoms with Gasteiger partial charge in [-0.1, -0.05) is 12.2 Å². The molecule has 0 saturated carbocycles. The van der Waals surface area contributed by atoms with Crippen LogP contribution in [0.5, 0.6) is 0 Å². The summed E-state index contributed by atoms with van der Waals surface area (Å²) < 4.78 is 0. The van der Waals surface area contributed by atoms with Crippen LogP contribution < -0.4 is 5.73 Å². The van der Waals surface area contributed by atoms with Crippen molar-refractivity contribution in [3.8, 4) is 0 Å². The van der Waals surface area contributed by atoms with Crippen molar-refractivity contribution in [3.63, 3.8) is 0 Å². The quantitative estimate of drug-likeness (QED) is 0.541. The highest BCUT2D eigenvalue weighted by Gasteiger charge is 1.86. The first-order chi connectivity index (χ1) is 3.77. The molecule has 46 valence electrons. The van der Waals surface area contributed by atoms with Gasteiger partial charge in [0.15, 0.2) is 0 Å². The molecule has 0 spiro atoms. The average Bonchev–Trinajstić information content (AvgIpc) is 1.66. The molecule has 0 fully saturated rings. The summed E-state index contributed by atoms with van der Waals surface area (Å²) in [5.41, 5.74) is 4.86. The van der Waals surface area contributed by atoms with E-state index in [4.69, 9.17) is 5.73 Å². The zero-order valence-corrected chi connectivity index (χ0v) is 5.05. The summed E-state index contributed by atoms with van der Waals surface area (Å²) in [6.45, 7) is 1.92. The lowest BCUT2D eigenvalue weighted by molar-refractivity contribution is -0.117. The van der Waals surface area contributed by atoms with E-state index in [2.05, 4.69) is 0 Å². The molecule has 0 rings (SSSR count). The van der Waals surface area contributed by atoms with E-state index in [9.17, 15) is 4.79 Å². The van der Waals surface area contributed by atoms with Crippen LogP contribution in [0.25, 0.3) is 0 Å². The van der Waals surface area contributed by atoms with E-state index in [-0.39, 0.29) is 5.91 Å². The maximum atomic E-state index is 10.1. The molecular formula is C6H11NO. The van der Waals surface area contributed by atoms with Gasteiger partial charge in [-0.3, -0.25) is 4.79 Å². The number of carbonyl (C=O) groups is 1. The van der Waals surface area contributed by atoms with Crippen LogP contribution in [0.4, 0.5) is 0 Å². The van der Waals surface area contributed by atoms with Crippen molar-refractivity contribution >= 4 is 5.91 Å². The Hall–Kier alpha value is -0.790. The molecule has 0 bridgehead atoms. The molecule has 0 unspecified atom stereocenters. The fourth-order valence-corrected chi connectivity index (χ4v) is 0.392. The number of hydrogen-bond donors (Lipinski definition) is 1. The van der Waals surface area contributed by atoms with E-state index < -0.39 is 0 Å². The molecule has 2 heteroatoms. The van der Waals surface area contributed by atoms with Crippen LogP contribution in [-0.4, -0.2) is 5.91 Å². The summed E-state index contributed by atoms with van der Waals surface area (Å²) in [6, 6.07) is 0. The van der Waals surface area contributed by atoms with Crippen LogP contribution in [-0.2, 0) is 4.79 Å². The van der Waals surface area contributed by atoms with E-state index in [0.717, 1.165) is 6.42 Å². The topological polar surface area (TPSA) is 43.1 Å². The van der Waals surface area contributed by atoms with Crippen molar-refractivity contribution in [2.45, 2.75) is 19.8 Å². The van der Waals surface area contributed by atoms with Crippen molar-refractivity contribution in [1.82, 2.24) is 0 Å². The third-order valence-electron chi connectivity index (χ3n) is 0.793. The second-order valence-electron chi connectivity index (χ2n) is 1.57. The van der Waals surface area contributed by atoms with Crippen LogP contribution in [0.1, 0.15) is 19.8 Å². The molecule has 2 nitrogen and oxygen atoms in total. The van der Waals surface area contributed by atoms with E-state index in [1.165, 1.54) is 0 Å². The molecular weight excluding hydrogens is 102 g/mol. The highest BCUT2D eigenvalue weighted by molar-refractivity contribution is 5.73. The van der Waals surface area contributed by atoms with Gasteiger partial charge in [0.2, 0.25) is 5.91 Å². The molecule has 1 amide bonds. The minimum absolute atomic E-state index is 0.233. The molecule has 8 heavy (non-hydrogen) atoms. The Balaban J connectivity index is 3.05. The molecule has 0 aromatic carbocycles. The van der Waals surface area contributed by atoms with Gasteiger partial charge < -0.3 is 5.73 Å². The number of allylic oxidation sites excluding steroid dienone is 2. The molecule has 0 saturated heterocycles. The molecule has 0 radical (unpaired) electrons. The molecule has 0 aromatic heterocycles. The monoisotopic (exact) mass is 113 g/mol. The van der Waals surface area contributed by atoms with Gasteiger partial charge in [-0.25, -0.2) is 0 Å². The lowest BCUT2D eigenvalue weighted by Crippen LogP contribution is -2.08. The number of amides is 1. The third kappa shape index (κ3) is 5.21. The average molecular weight is 113 g/mol. The molecule has 0 aliphatic heterocycles. The Labute approximate surface area is 49.4 Å². The largest absolute Gasteiger partial charge is 0.370 e. The maximum absolute atomic E-state index is 10.1. The minimum atomic E-state index is -0.233. The van der Waals surface area contributed by atoms with Crippen LogP contribution in [0.3, 0.4) is 0 Å². The Bertz CT molecular complexity index is 96.7. The van der Waals surface area contributed by atoms with E-state index in [1.807, 2.05) is 19.1 Å². The molecule has 2 N–H and O–H groups in total. The first kappa shape index (κ1) is 7.21. The molecule has 0 heterocycles. The first-order valence-corrected chi connectivity index (χ1v) is 2.67. The predicted molar refractivity (Wildman–Crippen MR) is 33.2 cm³/mol. The fraction of sp³-hybridized carbons (Fsp3) is 0.500. The summed E-state index contributed by atoms with van der Waals surface area (Å²) in [7, 11) is 0. The Kier molecular flexibility index (Phi) is 3.94. The van der Waals surface area contributed by atoms with Gasteiger partial charge in [0.25, 0.3) is 0 Å². The van der Waals surface area contributed by atoms with Gasteiger partial charge in [-0.2, -0.15) is 0 Å². The van der Waals surface area contributed by atoms with Crippen LogP contribution in [0, 0.1) is 0 Å². The number of primary amides is 1. The summed E-state index contributed by atoms with van der Waals surface area (Å²) >= 11 is 0. The second-order valence-corrected chi connectivity index (χ2v) is 1.57. The molecule has 0 atom stereocenters. The standard InChI is InChI=1S/C6H11NO/c1-2-3-4-5-6(7)8/h2-3H,4-5H2,1H3,(H2,7,8)/b3-2-. The predicted octanol–water partition coefficient (Wildman–Crippen LogP) is 0.828. The van der Waals surface area contributed by atoms with Crippen molar-refractivity contribution in [2.75, 3.05) is 0 Å². The van der Waals surface area contributed by atoms with Gasteiger partial charge in [-0.05, 0) is 13.3 Å². The van der Waals surface area contributed by atoms with Crippen molar-refractivity contribution < 1.29 is 4.79 Å². The second kappa shape index (κ2) is 4.37. The van der Waals surface area contributed by atoms with E-state index in [0.29, 0.717) is 6.42 Å². The van der Waals surface area contributed by atoms with Crippen LogP contribution in [0.15, 0.2) is 12.2 Å². The molecule has 0 aliphatic carbocycles. The smallest absolute Gasteiger partial charge is 0.217 e. The fourth-order valence-electron chi connectivity index (χ4n) is 0.392. The first-order valence-electron chi connectivity index (χ1n) is 2.67. The number of rotatable bonds is 3. The molecule has 0 aliphatic rings. The van der Waals surface area contributed by atoms with Gasteiger partial charge in [-0.15, -0.1) is 0 Å². The highest BCUT2D eigenvalue weighted by atomic mass is 16.1. The SMILES string of the molecule is C/C=C\CCC(N)=O. The lowest BCUT2D eigenvalue weighted by Gasteiger charge is -1.84. The normalized spacial score (nSPS) is 10.1. The minimum Gasteiger partial charge on any atom is -0.370 e. The Morgan fingerprint density at radius 1 is 1.75 bits per heavy atom. The number of carbonyl (C=O) groups excluding carboxylic acids is 1. The zero-order valence-electron chi connectivity index (χ0n) is 5.05. The van der Waals surface area contributed by atoms with E-state index in [1.54, 1.807) is 0 Å². The van der Waals surface area contributed by atoms with Gasteiger partial charge in [0.1, 0.15) is 0 Å². The lowest BCUT2D eigenvalue weighted by atomic mass is 10.3. The Morgan fingerprint density at radius 3 is 2.75 bits per heavy atom. The highest BCUT2D eigenvalue weighted by Crippen LogP contribution is 1.87. The number of nitrogens with two attached hydrogens (primary N) is 1. The van der Waals surface area contributed by atoms with Gasteiger partial charge in [0.05, 0.1) is 0 Å². The number of hydrogen-bond acceptors (Lipinski definition) is 1. The molecule has 0 aromatic rings. The third-order valence-corrected chi connectivity index (χ3v) is 0.793. The van der Waals surface area contributed by atoms with Crippen LogP contribution in [0.2, 0.25) is 0 Å². The Morgan fingerprint density at radius 2 is 2.38 bits per heavy atom. The van der Waals surface area contributed by atoms with Gasteiger partial charge >= 0.3 is 0 Å². The van der Waals surface area contributed by atoms with Crippen molar-refractivity contribution in [2.24, 2.45) is 5.73 Å². The van der Waals surface area contributed by atoms with Gasteiger partial charge in [0, 0.05) is 6.42 Å². The van der Waals surface area contributed by atoms with E-state index >= 15 is 0 Å². The van der Waals surface area contributed by atoms with Crippen LogP contribution >= 0.6 is 0 Å². The zero-order chi connectivity index (χ0) is 6.41. The summed E-state index contributed by atoms with van der Waals surface area (Å²) in [5.74, 6) is -0.233. The summed E-state index contributed by atoms with van der Waals surface area (Å²) in [5, 5.41) is 0. The van der Waals surface area contributed by atoms with Crippen molar-refractivity contribution in [3.05, 3.63) is 12.2 Å². The van der Waals surface area contributed by atoms with Crippen molar-refractivity contribution in [1.29, 1.82) is 0 Å². The summed E-state index contributed by atoms with van der Waals surface area (Å²) in [6.07, 6.45) is 5.06. The maximum Gasteiger partial charge on any atom is 0.217 e. The summed E-state index contributed by atoms with van der Waals surface area (Å²) in [4.78, 5) is 10.1.